The molecule has 9 heteroatoms. The molecule has 0 saturated heterocycles. The number of nitro groups is 1. The number of halogens is 2. The number of rotatable bonds is 7. The quantitative estimate of drug-likeness (QED) is 0.434. The lowest BCUT2D eigenvalue weighted by Crippen LogP contribution is -2.20. The molecular formula is C10H11F2N3O4. The maximum absolute atomic E-state index is 13.2. The summed E-state index contributed by atoms with van der Waals surface area (Å²) in [6, 6.07) is 1.22. The number of carbonyl (C=O) groups excluding carboxylic acids is 1. The molecule has 1 aromatic carbocycles. The molecule has 0 atom stereocenters. The smallest absolute Gasteiger partial charge is 0.327 e. The average Bonchev–Trinajstić information content (AvgIpc) is 2.26. The maximum atomic E-state index is 13.2. The number of anilines is 1. The highest BCUT2D eigenvalue weighted by Crippen LogP contribution is 2.28. The van der Waals surface area contributed by atoms with Crippen LogP contribution in [0.15, 0.2) is 12.1 Å². The van der Waals surface area contributed by atoms with Gasteiger partial charge in [0.15, 0.2) is 0 Å². The first-order valence-corrected chi connectivity index (χ1v) is 5.15. The van der Waals surface area contributed by atoms with E-state index >= 15 is 0 Å². The van der Waals surface area contributed by atoms with Crippen molar-refractivity contribution in [3.63, 3.8) is 0 Å². The standard InChI is InChI=1S/C10H11F2N3O4/c11-6-3-7(12)10(15(17)18)8(4-6)14-1-2-19-5-9(13)16/h3-4,14H,1-2,5H2,(H2,13,16). The van der Waals surface area contributed by atoms with E-state index in [2.05, 4.69) is 5.32 Å². The van der Waals surface area contributed by atoms with E-state index < -0.39 is 28.2 Å². The van der Waals surface area contributed by atoms with E-state index in [4.69, 9.17) is 10.5 Å². The number of amides is 1. The molecular weight excluding hydrogens is 264 g/mol. The lowest BCUT2D eigenvalue weighted by molar-refractivity contribution is -0.386. The summed E-state index contributed by atoms with van der Waals surface area (Å²) in [6.45, 7) is -0.281. The first-order chi connectivity index (χ1) is 8.91. The summed E-state index contributed by atoms with van der Waals surface area (Å²) in [5, 5.41) is 13.1. The van der Waals surface area contributed by atoms with Crippen LogP contribution in [0.2, 0.25) is 0 Å². The molecule has 1 rings (SSSR count). The van der Waals surface area contributed by atoms with Gasteiger partial charge in [-0.1, -0.05) is 0 Å². The van der Waals surface area contributed by atoms with Gasteiger partial charge in [0.05, 0.1) is 11.5 Å². The molecule has 0 aliphatic carbocycles. The number of nitro benzene ring substituents is 1. The van der Waals surface area contributed by atoms with Gasteiger partial charge in [0.1, 0.15) is 18.1 Å². The van der Waals surface area contributed by atoms with Crippen LogP contribution in [-0.2, 0) is 9.53 Å². The van der Waals surface area contributed by atoms with Crippen molar-refractivity contribution in [2.24, 2.45) is 5.73 Å². The van der Waals surface area contributed by atoms with Gasteiger partial charge in [-0.2, -0.15) is 4.39 Å². The number of nitrogens with two attached hydrogens (primary N) is 1. The maximum Gasteiger partial charge on any atom is 0.327 e. The highest BCUT2D eigenvalue weighted by atomic mass is 19.1. The van der Waals surface area contributed by atoms with Crippen LogP contribution in [-0.4, -0.2) is 30.6 Å². The summed E-state index contributed by atoms with van der Waals surface area (Å²) in [4.78, 5) is 20.0. The van der Waals surface area contributed by atoms with Crippen LogP contribution in [0.1, 0.15) is 0 Å². The monoisotopic (exact) mass is 275 g/mol. The Kier molecular flexibility index (Phi) is 5.12. The van der Waals surface area contributed by atoms with Gasteiger partial charge >= 0.3 is 5.69 Å². The summed E-state index contributed by atoms with van der Waals surface area (Å²) < 4.78 is 31.0. The Labute approximate surface area is 106 Å². The minimum absolute atomic E-state index is 0.00176. The van der Waals surface area contributed by atoms with Crippen LogP contribution in [0, 0.1) is 21.7 Å². The number of hydrogen-bond donors (Lipinski definition) is 2. The van der Waals surface area contributed by atoms with Crippen molar-refractivity contribution >= 4 is 17.3 Å². The molecule has 0 radical (unpaired) electrons. The van der Waals surface area contributed by atoms with E-state index in [0.717, 1.165) is 6.07 Å². The van der Waals surface area contributed by atoms with Crippen molar-refractivity contribution in [1.82, 2.24) is 0 Å². The van der Waals surface area contributed by atoms with Crippen LogP contribution < -0.4 is 11.1 Å². The molecule has 1 aromatic rings. The molecule has 0 aliphatic heterocycles. The zero-order chi connectivity index (χ0) is 14.4. The van der Waals surface area contributed by atoms with Gasteiger partial charge < -0.3 is 15.8 Å². The van der Waals surface area contributed by atoms with Gasteiger partial charge in [-0.3, -0.25) is 14.9 Å². The Morgan fingerprint density at radius 3 is 2.74 bits per heavy atom. The van der Waals surface area contributed by atoms with Crippen LogP contribution >= 0.6 is 0 Å². The Morgan fingerprint density at radius 1 is 1.47 bits per heavy atom. The molecule has 1 amide bonds. The highest BCUT2D eigenvalue weighted by molar-refractivity contribution is 5.75. The highest BCUT2D eigenvalue weighted by Gasteiger charge is 2.21. The number of nitrogens with zero attached hydrogens (tertiary/aromatic N) is 1. The summed E-state index contributed by atoms with van der Waals surface area (Å²) in [7, 11) is 0. The van der Waals surface area contributed by atoms with Crippen molar-refractivity contribution in [2.45, 2.75) is 0 Å². The lowest BCUT2D eigenvalue weighted by atomic mass is 10.2. The third-order valence-corrected chi connectivity index (χ3v) is 2.02. The lowest BCUT2D eigenvalue weighted by Gasteiger charge is -2.07. The van der Waals surface area contributed by atoms with Gasteiger partial charge in [-0.15, -0.1) is 0 Å². The van der Waals surface area contributed by atoms with Crippen LogP contribution in [0.25, 0.3) is 0 Å². The van der Waals surface area contributed by atoms with E-state index in [-0.39, 0.29) is 25.4 Å². The van der Waals surface area contributed by atoms with Crippen molar-refractivity contribution in [3.8, 4) is 0 Å². The van der Waals surface area contributed by atoms with Crippen LogP contribution in [0.4, 0.5) is 20.2 Å². The largest absolute Gasteiger partial charge is 0.377 e. The van der Waals surface area contributed by atoms with Gasteiger partial charge in [0.25, 0.3) is 0 Å². The fraction of sp³-hybridized carbons (Fsp3) is 0.300. The molecule has 0 bridgehead atoms. The van der Waals surface area contributed by atoms with E-state index in [9.17, 15) is 23.7 Å². The number of hydrogen-bond acceptors (Lipinski definition) is 5. The van der Waals surface area contributed by atoms with Crippen molar-refractivity contribution < 1.29 is 23.2 Å². The SMILES string of the molecule is NC(=O)COCCNc1cc(F)cc(F)c1[N+](=O)[O-]. The Balaban J connectivity index is 2.67. The second kappa shape index (κ2) is 6.59. The predicted molar refractivity (Wildman–Crippen MR) is 61.5 cm³/mol. The fourth-order valence-corrected chi connectivity index (χ4v) is 1.32. The number of ether oxygens (including phenoxy) is 1. The molecule has 104 valence electrons. The van der Waals surface area contributed by atoms with E-state index in [1.165, 1.54) is 0 Å². The average molecular weight is 275 g/mol. The molecule has 3 N–H and O–H groups in total. The van der Waals surface area contributed by atoms with Gasteiger partial charge in [0.2, 0.25) is 11.7 Å². The predicted octanol–water partition coefficient (Wildman–Crippen LogP) is 0.787. The Morgan fingerprint density at radius 2 is 2.16 bits per heavy atom. The second-order valence-corrected chi connectivity index (χ2v) is 3.49. The van der Waals surface area contributed by atoms with Crippen LogP contribution in [0.5, 0.6) is 0 Å². The first kappa shape index (κ1) is 14.8. The van der Waals surface area contributed by atoms with Crippen molar-refractivity contribution in [3.05, 3.63) is 33.9 Å². The van der Waals surface area contributed by atoms with Gasteiger partial charge in [-0.05, 0) is 0 Å². The third-order valence-electron chi connectivity index (χ3n) is 2.02. The molecule has 7 nitrogen and oxygen atoms in total. The summed E-state index contributed by atoms with van der Waals surface area (Å²) in [5.41, 5.74) is 3.67. The first-order valence-electron chi connectivity index (χ1n) is 5.15. The number of carbonyl (C=O) groups is 1. The molecule has 0 unspecified atom stereocenters. The molecule has 0 fully saturated rings. The van der Waals surface area contributed by atoms with E-state index in [0.29, 0.717) is 6.07 Å². The second-order valence-electron chi connectivity index (χ2n) is 3.49. The number of nitrogens with one attached hydrogen (secondary N) is 1. The minimum atomic E-state index is -1.27. The van der Waals surface area contributed by atoms with Crippen molar-refractivity contribution in [2.75, 3.05) is 25.1 Å². The molecule has 0 saturated carbocycles. The topological polar surface area (TPSA) is 107 Å². The van der Waals surface area contributed by atoms with E-state index in [1.54, 1.807) is 0 Å². The molecule has 0 aliphatic rings. The number of benzene rings is 1. The summed E-state index contributed by atoms with van der Waals surface area (Å²) in [6.07, 6.45) is 0. The van der Waals surface area contributed by atoms with Gasteiger partial charge in [0, 0.05) is 18.7 Å². The Bertz CT molecular complexity index is 496. The fourth-order valence-electron chi connectivity index (χ4n) is 1.32. The molecule has 0 heterocycles. The Hall–Kier alpha value is -2.29. The van der Waals surface area contributed by atoms with E-state index in [1.807, 2.05) is 0 Å². The number of primary amides is 1. The molecule has 0 spiro atoms. The molecule has 19 heavy (non-hydrogen) atoms. The third kappa shape index (κ3) is 4.47. The van der Waals surface area contributed by atoms with Crippen molar-refractivity contribution in [1.29, 1.82) is 0 Å². The zero-order valence-electron chi connectivity index (χ0n) is 9.69. The zero-order valence-corrected chi connectivity index (χ0v) is 9.69. The van der Waals surface area contributed by atoms with Crippen LogP contribution in [0.3, 0.4) is 0 Å². The molecule has 0 aromatic heterocycles. The minimum Gasteiger partial charge on any atom is -0.377 e. The summed E-state index contributed by atoms with van der Waals surface area (Å²) in [5.74, 6) is -2.88. The van der Waals surface area contributed by atoms with Gasteiger partial charge in [-0.25, -0.2) is 4.39 Å². The normalized spacial score (nSPS) is 10.2. The summed E-state index contributed by atoms with van der Waals surface area (Å²) >= 11 is 0.